The van der Waals surface area contributed by atoms with Crippen molar-refractivity contribution < 1.29 is 8.42 Å². The molecule has 6 heteroatoms. The number of rotatable bonds is 4. The van der Waals surface area contributed by atoms with E-state index in [0.717, 1.165) is 29.9 Å². The number of anilines is 1. The fraction of sp³-hybridized carbons (Fsp3) is 0.538. The fourth-order valence-corrected chi connectivity index (χ4v) is 5.01. The van der Waals surface area contributed by atoms with E-state index in [9.17, 15) is 8.42 Å². The molecule has 1 aromatic rings. The van der Waals surface area contributed by atoms with Crippen molar-refractivity contribution in [2.24, 2.45) is 0 Å². The molecule has 106 valence electrons. The average molecular weight is 300 g/mol. The van der Waals surface area contributed by atoms with Gasteiger partial charge in [-0.25, -0.2) is 8.42 Å². The molecule has 0 aromatic heterocycles. The molecule has 1 aromatic carbocycles. The molecule has 0 spiro atoms. The van der Waals surface area contributed by atoms with Gasteiger partial charge in [-0.3, -0.25) is 0 Å². The highest BCUT2D eigenvalue weighted by atomic mass is 32.2. The highest BCUT2D eigenvalue weighted by Gasteiger charge is 2.30. The van der Waals surface area contributed by atoms with Crippen molar-refractivity contribution >= 4 is 27.5 Å². The topological polar surface area (TPSA) is 63.4 Å². The average Bonchev–Trinajstić information content (AvgIpc) is 2.91. The molecule has 1 saturated heterocycles. The van der Waals surface area contributed by atoms with E-state index in [2.05, 4.69) is 0 Å². The summed E-state index contributed by atoms with van der Waals surface area (Å²) in [5, 5.41) is 0. The Kier molecular flexibility index (Phi) is 4.43. The monoisotopic (exact) mass is 300 g/mol. The third-order valence-electron chi connectivity index (χ3n) is 3.60. The molecule has 0 bridgehead atoms. The zero-order valence-corrected chi connectivity index (χ0v) is 12.9. The van der Waals surface area contributed by atoms with Crippen molar-refractivity contribution in [2.75, 3.05) is 24.3 Å². The summed E-state index contributed by atoms with van der Waals surface area (Å²) in [6, 6.07) is 5.14. The Morgan fingerprint density at radius 2 is 2.21 bits per heavy atom. The van der Waals surface area contributed by atoms with Gasteiger partial charge in [0.25, 0.3) is 0 Å². The predicted octanol–water partition coefficient (Wildman–Crippen LogP) is 1.96. The molecule has 0 aliphatic carbocycles. The summed E-state index contributed by atoms with van der Waals surface area (Å²) >= 11 is 1.80. The number of benzene rings is 1. The maximum atomic E-state index is 12.5. The standard InChI is InChI=1S/C13H20N2O2S2/c1-3-10-4-5-12(8-13(10)14)19(16,17)15(2)11-6-7-18-9-11/h4-5,8,11H,3,6-7,9,14H2,1-2H3. The second-order valence-corrected chi connectivity index (χ2v) is 7.90. The van der Waals surface area contributed by atoms with Crippen LogP contribution in [-0.4, -0.2) is 37.3 Å². The molecule has 1 atom stereocenters. The maximum Gasteiger partial charge on any atom is 0.243 e. The summed E-state index contributed by atoms with van der Waals surface area (Å²) in [5.74, 6) is 1.90. The molecule has 4 nitrogen and oxygen atoms in total. The van der Waals surface area contributed by atoms with Gasteiger partial charge in [-0.05, 0) is 36.3 Å². The van der Waals surface area contributed by atoms with Crippen molar-refractivity contribution in [3.8, 4) is 0 Å². The van der Waals surface area contributed by atoms with Gasteiger partial charge in [0, 0.05) is 24.5 Å². The minimum atomic E-state index is -3.43. The van der Waals surface area contributed by atoms with E-state index in [1.165, 1.54) is 4.31 Å². The minimum absolute atomic E-state index is 0.0991. The summed E-state index contributed by atoms with van der Waals surface area (Å²) in [5.41, 5.74) is 7.43. The first-order valence-electron chi connectivity index (χ1n) is 6.41. The van der Waals surface area contributed by atoms with Gasteiger partial charge in [0.1, 0.15) is 0 Å². The summed E-state index contributed by atoms with van der Waals surface area (Å²) in [6.45, 7) is 2.00. The van der Waals surface area contributed by atoms with Crippen LogP contribution in [0.4, 0.5) is 5.69 Å². The summed E-state index contributed by atoms with van der Waals surface area (Å²) < 4.78 is 26.6. The molecule has 1 aliphatic heterocycles. The van der Waals surface area contributed by atoms with Crippen molar-refractivity contribution in [3.05, 3.63) is 23.8 Å². The van der Waals surface area contributed by atoms with Gasteiger partial charge in [-0.15, -0.1) is 0 Å². The van der Waals surface area contributed by atoms with Gasteiger partial charge in [0.05, 0.1) is 4.90 Å². The Morgan fingerprint density at radius 1 is 1.47 bits per heavy atom. The predicted molar refractivity (Wildman–Crippen MR) is 80.9 cm³/mol. The minimum Gasteiger partial charge on any atom is -0.398 e. The Morgan fingerprint density at radius 3 is 2.74 bits per heavy atom. The second-order valence-electron chi connectivity index (χ2n) is 4.75. The third-order valence-corrected chi connectivity index (χ3v) is 6.65. The SMILES string of the molecule is CCc1ccc(S(=O)(=O)N(C)C2CCSC2)cc1N. The zero-order chi connectivity index (χ0) is 14.0. The number of nitrogens with zero attached hydrogens (tertiary/aromatic N) is 1. The maximum absolute atomic E-state index is 12.5. The number of sulfonamides is 1. The van der Waals surface area contributed by atoms with E-state index >= 15 is 0 Å². The van der Waals surface area contributed by atoms with Crippen LogP contribution in [0.3, 0.4) is 0 Å². The summed E-state index contributed by atoms with van der Waals surface area (Å²) in [4.78, 5) is 0.293. The van der Waals surface area contributed by atoms with Crippen LogP contribution in [0, 0.1) is 0 Å². The van der Waals surface area contributed by atoms with Crippen molar-refractivity contribution in [1.82, 2.24) is 4.31 Å². The van der Waals surface area contributed by atoms with E-state index in [1.54, 1.807) is 37.0 Å². The van der Waals surface area contributed by atoms with E-state index in [-0.39, 0.29) is 6.04 Å². The molecule has 2 rings (SSSR count). The number of thioether (sulfide) groups is 1. The molecule has 0 saturated carbocycles. The first-order valence-corrected chi connectivity index (χ1v) is 9.00. The second kappa shape index (κ2) is 5.73. The quantitative estimate of drug-likeness (QED) is 0.863. The Bertz CT molecular complexity index is 552. The molecule has 0 radical (unpaired) electrons. The molecule has 0 amide bonds. The molecule has 1 heterocycles. The molecular formula is C13H20N2O2S2. The Labute approximate surface area is 119 Å². The first-order chi connectivity index (χ1) is 8.96. The molecule has 1 fully saturated rings. The summed E-state index contributed by atoms with van der Waals surface area (Å²) in [7, 11) is -1.77. The van der Waals surface area contributed by atoms with Gasteiger partial charge in [-0.2, -0.15) is 16.1 Å². The highest BCUT2D eigenvalue weighted by molar-refractivity contribution is 7.99. The Balaban J connectivity index is 2.30. The molecule has 1 aliphatic rings. The molecular weight excluding hydrogens is 280 g/mol. The van der Waals surface area contributed by atoms with Crippen LogP contribution >= 0.6 is 11.8 Å². The lowest BCUT2D eigenvalue weighted by molar-refractivity contribution is 0.394. The molecule has 19 heavy (non-hydrogen) atoms. The normalized spacial score (nSPS) is 20.1. The summed E-state index contributed by atoms with van der Waals surface area (Å²) in [6.07, 6.45) is 1.73. The fourth-order valence-electron chi connectivity index (χ4n) is 2.23. The molecule has 2 N–H and O–H groups in total. The van der Waals surface area contributed by atoms with Crippen LogP contribution in [0.25, 0.3) is 0 Å². The smallest absolute Gasteiger partial charge is 0.243 e. The lowest BCUT2D eigenvalue weighted by Gasteiger charge is -2.23. The number of nitrogens with two attached hydrogens (primary N) is 1. The molecule has 1 unspecified atom stereocenters. The van der Waals surface area contributed by atoms with Gasteiger partial charge < -0.3 is 5.73 Å². The van der Waals surface area contributed by atoms with Crippen LogP contribution in [-0.2, 0) is 16.4 Å². The lowest BCUT2D eigenvalue weighted by atomic mass is 10.1. The van der Waals surface area contributed by atoms with Crippen molar-refractivity contribution in [1.29, 1.82) is 0 Å². The van der Waals surface area contributed by atoms with E-state index in [4.69, 9.17) is 5.73 Å². The van der Waals surface area contributed by atoms with Gasteiger partial charge >= 0.3 is 0 Å². The third kappa shape index (κ3) is 2.90. The largest absolute Gasteiger partial charge is 0.398 e. The van der Waals surface area contributed by atoms with Crippen molar-refractivity contribution in [3.63, 3.8) is 0 Å². The number of hydrogen-bond acceptors (Lipinski definition) is 4. The van der Waals surface area contributed by atoms with Crippen LogP contribution in [0.15, 0.2) is 23.1 Å². The van der Waals surface area contributed by atoms with Crippen LogP contribution in [0.2, 0.25) is 0 Å². The van der Waals surface area contributed by atoms with Gasteiger partial charge in [0.15, 0.2) is 0 Å². The van der Waals surface area contributed by atoms with Gasteiger partial charge in [0.2, 0.25) is 10.0 Å². The van der Waals surface area contributed by atoms with Crippen molar-refractivity contribution in [2.45, 2.75) is 30.7 Å². The number of hydrogen-bond donors (Lipinski definition) is 1. The van der Waals surface area contributed by atoms with Crippen LogP contribution in [0.5, 0.6) is 0 Å². The van der Waals surface area contributed by atoms with E-state index in [1.807, 2.05) is 6.92 Å². The lowest BCUT2D eigenvalue weighted by Crippen LogP contribution is -2.37. The zero-order valence-electron chi connectivity index (χ0n) is 11.3. The first kappa shape index (κ1) is 14.7. The van der Waals surface area contributed by atoms with E-state index < -0.39 is 10.0 Å². The van der Waals surface area contributed by atoms with E-state index in [0.29, 0.717) is 10.6 Å². The number of aryl methyl sites for hydroxylation is 1. The van der Waals surface area contributed by atoms with Crippen LogP contribution < -0.4 is 5.73 Å². The van der Waals surface area contributed by atoms with Gasteiger partial charge in [-0.1, -0.05) is 13.0 Å². The van der Waals surface area contributed by atoms with Crippen LogP contribution in [0.1, 0.15) is 18.9 Å². The highest BCUT2D eigenvalue weighted by Crippen LogP contribution is 2.27. The Hall–Kier alpha value is -0.720. The number of nitrogen functional groups attached to an aromatic ring is 1.